The van der Waals surface area contributed by atoms with Crippen molar-refractivity contribution < 1.29 is 9.53 Å². The van der Waals surface area contributed by atoms with E-state index >= 15 is 0 Å². The summed E-state index contributed by atoms with van der Waals surface area (Å²) in [6.45, 7) is 1.55. The summed E-state index contributed by atoms with van der Waals surface area (Å²) >= 11 is 0. The van der Waals surface area contributed by atoms with Gasteiger partial charge in [0.15, 0.2) is 0 Å². The summed E-state index contributed by atoms with van der Waals surface area (Å²) in [6, 6.07) is 20.2. The van der Waals surface area contributed by atoms with Crippen LogP contribution in [0.25, 0.3) is 0 Å². The lowest BCUT2D eigenvalue weighted by atomic mass is 9.94. The predicted octanol–water partition coefficient (Wildman–Crippen LogP) is 3.71. The van der Waals surface area contributed by atoms with Gasteiger partial charge in [0, 0.05) is 19.6 Å². The van der Waals surface area contributed by atoms with E-state index in [1.165, 1.54) is 0 Å². The standard InChI is InChI=1S/C20H23NO2/c22-19(15-16-11-13-23-14-12-16)21-20(17-7-3-1-4-8-17)18-9-5-2-6-10-18/h1-10,16,20H,11-15H2,(H,21,22). The van der Waals surface area contributed by atoms with Crippen LogP contribution in [0.3, 0.4) is 0 Å². The first kappa shape index (κ1) is 15.8. The lowest BCUT2D eigenvalue weighted by Crippen LogP contribution is -2.32. The SMILES string of the molecule is O=C(CC1CCOCC1)NC(c1ccccc1)c1ccccc1. The Labute approximate surface area is 137 Å². The molecular formula is C20H23NO2. The number of rotatable bonds is 5. The van der Waals surface area contributed by atoms with Crippen LogP contribution in [0.5, 0.6) is 0 Å². The van der Waals surface area contributed by atoms with Gasteiger partial charge in [-0.15, -0.1) is 0 Å². The van der Waals surface area contributed by atoms with Crippen molar-refractivity contribution in [3.05, 3.63) is 71.8 Å². The van der Waals surface area contributed by atoms with Crippen molar-refractivity contribution in [2.45, 2.75) is 25.3 Å². The summed E-state index contributed by atoms with van der Waals surface area (Å²) in [5, 5.41) is 3.22. The van der Waals surface area contributed by atoms with Gasteiger partial charge < -0.3 is 10.1 Å². The molecule has 2 aromatic rings. The molecule has 0 aliphatic carbocycles. The lowest BCUT2D eigenvalue weighted by Gasteiger charge is -2.24. The summed E-state index contributed by atoms with van der Waals surface area (Å²) in [7, 11) is 0. The van der Waals surface area contributed by atoms with Crippen molar-refractivity contribution in [2.24, 2.45) is 5.92 Å². The monoisotopic (exact) mass is 309 g/mol. The van der Waals surface area contributed by atoms with Gasteiger partial charge >= 0.3 is 0 Å². The third-order valence-electron chi connectivity index (χ3n) is 4.39. The fourth-order valence-corrected chi connectivity index (χ4v) is 3.08. The molecule has 1 aliphatic heterocycles. The van der Waals surface area contributed by atoms with Crippen molar-refractivity contribution in [3.8, 4) is 0 Å². The van der Waals surface area contributed by atoms with Gasteiger partial charge in [0.2, 0.25) is 5.91 Å². The smallest absolute Gasteiger partial charge is 0.221 e. The third-order valence-corrected chi connectivity index (χ3v) is 4.39. The van der Waals surface area contributed by atoms with Crippen LogP contribution in [0, 0.1) is 5.92 Å². The van der Waals surface area contributed by atoms with Crippen molar-refractivity contribution in [2.75, 3.05) is 13.2 Å². The number of hydrogen-bond donors (Lipinski definition) is 1. The molecule has 2 aromatic carbocycles. The molecule has 1 saturated heterocycles. The molecule has 0 bridgehead atoms. The zero-order valence-corrected chi connectivity index (χ0v) is 13.3. The van der Waals surface area contributed by atoms with Gasteiger partial charge in [0.25, 0.3) is 0 Å². The summed E-state index contributed by atoms with van der Waals surface area (Å²) in [5.74, 6) is 0.561. The quantitative estimate of drug-likeness (QED) is 0.914. The first-order chi connectivity index (χ1) is 11.3. The molecule has 3 rings (SSSR count). The molecule has 120 valence electrons. The van der Waals surface area contributed by atoms with Crippen molar-refractivity contribution in [1.82, 2.24) is 5.32 Å². The molecule has 23 heavy (non-hydrogen) atoms. The van der Waals surface area contributed by atoms with Gasteiger partial charge in [-0.3, -0.25) is 4.79 Å². The molecule has 0 atom stereocenters. The first-order valence-electron chi connectivity index (χ1n) is 8.30. The molecule has 0 spiro atoms. The molecule has 1 fully saturated rings. The van der Waals surface area contributed by atoms with E-state index in [0.717, 1.165) is 37.2 Å². The van der Waals surface area contributed by atoms with Crippen LogP contribution in [0.15, 0.2) is 60.7 Å². The highest BCUT2D eigenvalue weighted by Crippen LogP contribution is 2.23. The minimum absolute atomic E-state index is 0.0928. The Morgan fingerprint density at radius 1 is 0.957 bits per heavy atom. The van der Waals surface area contributed by atoms with Gasteiger partial charge in [0.1, 0.15) is 0 Å². The van der Waals surface area contributed by atoms with Crippen LogP contribution < -0.4 is 5.32 Å². The van der Waals surface area contributed by atoms with Crippen LogP contribution in [0.1, 0.15) is 36.4 Å². The highest BCUT2D eigenvalue weighted by atomic mass is 16.5. The maximum Gasteiger partial charge on any atom is 0.221 e. The van der Waals surface area contributed by atoms with Crippen LogP contribution in [0.2, 0.25) is 0 Å². The van der Waals surface area contributed by atoms with E-state index < -0.39 is 0 Å². The second-order valence-corrected chi connectivity index (χ2v) is 6.08. The Hall–Kier alpha value is -2.13. The number of ether oxygens (including phenoxy) is 1. The Morgan fingerprint density at radius 3 is 2.00 bits per heavy atom. The Kier molecular flexibility index (Phi) is 5.43. The van der Waals surface area contributed by atoms with Gasteiger partial charge in [-0.1, -0.05) is 60.7 Å². The molecule has 0 aromatic heterocycles. The topological polar surface area (TPSA) is 38.3 Å². The maximum absolute atomic E-state index is 12.5. The lowest BCUT2D eigenvalue weighted by molar-refractivity contribution is -0.123. The average molecular weight is 309 g/mol. The van der Waals surface area contributed by atoms with Gasteiger partial charge in [-0.05, 0) is 29.9 Å². The fourth-order valence-electron chi connectivity index (χ4n) is 3.08. The number of hydrogen-bond acceptors (Lipinski definition) is 2. The molecule has 0 radical (unpaired) electrons. The van der Waals surface area contributed by atoms with E-state index in [-0.39, 0.29) is 11.9 Å². The van der Waals surface area contributed by atoms with Crippen LogP contribution in [-0.2, 0) is 9.53 Å². The molecule has 1 N–H and O–H groups in total. The van der Waals surface area contributed by atoms with Gasteiger partial charge in [-0.2, -0.15) is 0 Å². The Bertz CT molecular complexity index is 567. The van der Waals surface area contributed by atoms with E-state index in [4.69, 9.17) is 4.74 Å². The minimum Gasteiger partial charge on any atom is -0.381 e. The maximum atomic E-state index is 12.5. The molecule has 1 heterocycles. The fraction of sp³-hybridized carbons (Fsp3) is 0.350. The van der Waals surface area contributed by atoms with E-state index in [1.807, 2.05) is 36.4 Å². The average Bonchev–Trinajstić information content (AvgIpc) is 2.62. The largest absolute Gasteiger partial charge is 0.381 e. The van der Waals surface area contributed by atoms with E-state index in [2.05, 4.69) is 29.6 Å². The molecule has 3 nitrogen and oxygen atoms in total. The van der Waals surface area contributed by atoms with Crippen LogP contribution in [-0.4, -0.2) is 19.1 Å². The number of carbonyl (C=O) groups is 1. The van der Waals surface area contributed by atoms with Gasteiger partial charge in [-0.25, -0.2) is 0 Å². The van der Waals surface area contributed by atoms with E-state index in [0.29, 0.717) is 12.3 Å². The minimum atomic E-state index is -0.0928. The predicted molar refractivity (Wildman–Crippen MR) is 91.0 cm³/mol. The third kappa shape index (κ3) is 4.42. The second-order valence-electron chi connectivity index (χ2n) is 6.08. The normalized spacial score (nSPS) is 15.5. The molecule has 3 heteroatoms. The van der Waals surface area contributed by atoms with E-state index in [1.54, 1.807) is 0 Å². The summed E-state index contributed by atoms with van der Waals surface area (Å²) < 4.78 is 5.37. The van der Waals surface area contributed by atoms with Crippen LogP contribution >= 0.6 is 0 Å². The molecular weight excluding hydrogens is 286 g/mol. The zero-order valence-electron chi connectivity index (χ0n) is 13.3. The highest BCUT2D eigenvalue weighted by Gasteiger charge is 2.21. The van der Waals surface area contributed by atoms with Crippen molar-refractivity contribution in [3.63, 3.8) is 0 Å². The molecule has 1 amide bonds. The summed E-state index contributed by atoms with van der Waals surface area (Å²) in [5.41, 5.74) is 2.22. The van der Waals surface area contributed by atoms with Crippen molar-refractivity contribution >= 4 is 5.91 Å². The Balaban J connectivity index is 1.72. The number of nitrogens with one attached hydrogen (secondary N) is 1. The second kappa shape index (κ2) is 7.93. The zero-order chi connectivity index (χ0) is 15.9. The van der Waals surface area contributed by atoms with Crippen LogP contribution in [0.4, 0.5) is 0 Å². The Morgan fingerprint density at radius 2 is 1.48 bits per heavy atom. The van der Waals surface area contributed by atoms with Crippen molar-refractivity contribution in [1.29, 1.82) is 0 Å². The molecule has 1 aliphatic rings. The van der Waals surface area contributed by atoms with Gasteiger partial charge in [0.05, 0.1) is 6.04 Å². The highest BCUT2D eigenvalue weighted by molar-refractivity contribution is 5.77. The number of benzene rings is 2. The molecule has 0 saturated carbocycles. The first-order valence-corrected chi connectivity index (χ1v) is 8.30. The molecule has 0 unspecified atom stereocenters. The summed E-state index contributed by atoms with van der Waals surface area (Å²) in [6.07, 6.45) is 2.54. The summed E-state index contributed by atoms with van der Waals surface area (Å²) in [4.78, 5) is 12.5. The van der Waals surface area contributed by atoms with E-state index in [9.17, 15) is 4.79 Å². The number of amides is 1. The number of carbonyl (C=O) groups excluding carboxylic acids is 1.